The predicted octanol–water partition coefficient (Wildman–Crippen LogP) is 5.25. The number of ether oxygens (including phenoxy) is 1. The zero-order valence-corrected chi connectivity index (χ0v) is 21.7. The lowest BCUT2D eigenvalue weighted by Crippen LogP contribution is -2.29. The van der Waals surface area contributed by atoms with E-state index >= 15 is 0 Å². The number of hydrogen-bond donors (Lipinski definition) is 1. The molecule has 4 heterocycles. The van der Waals surface area contributed by atoms with Gasteiger partial charge >= 0.3 is 6.18 Å². The molecule has 39 heavy (non-hydrogen) atoms. The Labute approximate surface area is 222 Å². The van der Waals surface area contributed by atoms with Crippen molar-refractivity contribution in [2.45, 2.75) is 57.9 Å². The van der Waals surface area contributed by atoms with E-state index in [1.165, 1.54) is 6.33 Å². The number of imidazole rings is 1. The molecule has 202 valence electrons. The largest absolute Gasteiger partial charge is 0.480 e. The third-order valence-electron chi connectivity index (χ3n) is 6.91. The zero-order chi connectivity index (χ0) is 27.3. The minimum Gasteiger partial charge on any atom is -0.480 e. The number of rotatable bonds is 7. The minimum atomic E-state index is -4.50. The quantitative estimate of drug-likeness (QED) is 0.347. The van der Waals surface area contributed by atoms with Gasteiger partial charge in [0, 0.05) is 35.8 Å². The van der Waals surface area contributed by atoms with E-state index in [1.54, 1.807) is 30.0 Å². The van der Waals surface area contributed by atoms with Crippen LogP contribution in [-0.4, -0.2) is 42.2 Å². The van der Waals surface area contributed by atoms with Crippen LogP contribution in [0.4, 0.5) is 19.0 Å². The second-order valence-electron chi connectivity index (χ2n) is 10.0. The third kappa shape index (κ3) is 4.75. The van der Waals surface area contributed by atoms with Crippen LogP contribution < -0.4 is 10.1 Å². The molecule has 9 nitrogen and oxygen atoms in total. The van der Waals surface area contributed by atoms with E-state index in [1.807, 2.05) is 30.7 Å². The molecular formula is C27H27F3N8O. The number of aromatic nitrogens is 6. The molecule has 0 unspecified atom stereocenters. The molecule has 1 aromatic carbocycles. The fourth-order valence-electron chi connectivity index (χ4n) is 4.75. The van der Waals surface area contributed by atoms with E-state index < -0.39 is 11.9 Å². The van der Waals surface area contributed by atoms with Gasteiger partial charge in [0.25, 0.3) is 0 Å². The van der Waals surface area contributed by atoms with Gasteiger partial charge in [-0.3, -0.25) is 0 Å². The third-order valence-corrected chi connectivity index (χ3v) is 6.91. The number of nitrogens with zero attached hydrogens (tertiary/aromatic N) is 7. The summed E-state index contributed by atoms with van der Waals surface area (Å²) in [6.07, 6.45) is 2.03. The fraction of sp³-hybridized carbons (Fsp3) is 0.370. The Bertz CT molecular complexity index is 1550. The molecule has 6 rings (SSSR count). The van der Waals surface area contributed by atoms with Gasteiger partial charge in [-0.15, -0.1) is 0 Å². The number of halogens is 3. The summed E-state index contributed by atoms with van der Waals surface area (Å²) in [5, 5.41) is 7.91. The van der Waals surface area contributed by atoms with Crippen molar-refractivity contribution < 1.29 is 17.9 Å². The molecule has 0 spiro atoms. The maximum Gasteiger partial charge on any atom is 0.434 e. The SMILES string of the molecule is COc1ncnc(C2CC2)c1C1=Nc2c(cnn2Cc2ccc(-c3nc(C(F)(F)F)cn3C(C)C)cc2)CN1. The maximum absolute atomic E-state index is 13.3. The van der Waals surface area contributed by atoms with Crippen molar-refractivity contribution in [2.75, 3.05) is 7.11 Å². The summed E-state index contributed by atoms with van der Waals surface area (Å²) in [5.41, 5.74) is 3.32. The number of amidine groups is 1. The van der Waals surface area contributed by atoms with E-state index in [4.69, 9.17) is 9.73 Å². The standard InChI is InChI=1S/C27H27F3N8O/c1-15(2)37-13-20(27(28,29)30)35-24(37)18-6-4-16(5-7-18)12-38-25-19(11-34-38)10-31-23(36-25)21-22(17-8-9-17)32-14-33-26(21)39-3/h4-7,11,13-15,17H,8-10,12H2,1-3H3,(H,31,36). The second kappa shape index (κ2) is 9.51. The van der Waals surface area contributed by atoms with Crippen LogP contribution >= 0.6 is 0 Å². The van der Waals surface area contributed by atoms with Crippen LogP contribution in [0.3, 0.4) is 0 Å². The van der Waals surface area contributed by atoms with Crippen LogP contribution in [0.15, 0.2) is 48.0 Å². The molecule has 12 heteroatoms. The first-order chi connectivity index (χ1) is 18.7. The van der Waals surface area contributed by atoms with Crippen molar-refractivity contribution in [3.63, 3.8) is 0 Å². The Morgan fingerprint density at radius 3 is 2.56 bits per heavy atom. The molecule has 1 aliphatic heterocycles. The molecule has 1 fully saturated rings. The summed E-state index contributed by atoms with van der Waals surface area (Å²) >= 11 is 0. The van der Waals surface area contributed by atoms with Gasteiger partial charge in [-0.05, 0) is 32.3 Å². The molecule has 0 radical (unpaired) electrons. The first-order valence-electron chi connectivity index (χ1n) is 12.7. The topological polar surface area (TPSA) is 95.0 Å². The van der Waals surface area contributed by atoms with Crippen molar-refractivity contribution in [1.29, 1.82) is 0 Å². The van der Waals surface area contributed by atoms with Crippen LogP contribution in [0.2, 0.25) is 0 Å². The monoisotopic (exact) mass is 536 g/mol. The van der Waals surface area contributed by atoms with Gasteiger partial charge in [0.05, 0.1) is 25.5 Å². The first kappa shape index (κ1) is 25.1. The number of nitrogens with one attached hydrogen (secondary N) is 1. The lowest BCUT2D eigenvalue weighted by Gasteiger charge is -2.19. The van der Waals surface area contributed by atoms with Crippen molar-refractivity contribution in [3.8, 4) is 17.3 Å². The fourth-order valence-corrected chi connectivity index (χ4v) is 4.75. The average Bonchev–Trinajstić information content (AvgIpc) is 3.53. The van der Waals surface area contributed by atoms with Crippen LogP contribution in [0.1, 0.15) is 66.7 Å². The van der Waals surface area contributed by atoms with Gasteiger partial charge in [-0.1, -0.05) is 24.3 Å². The summed E-state index contributed by atoms with van der Waals surface area (Å²) in [7, 11) is 1.59. The first-order valence-corrected chi connectivity index (χ1v) is 12.7. The number of hydrogen-bond acceptors (Lipinski definition) is 7. The van der Waals surface area contributed by atoms with Crippen molar-refractivity contribution >= 4 is 11.7 Å². The highest BCUT2D eigenvalue weighted by atomic mass is 19.4. The lowest BCUT2D eigenvalue weighted by atomic mass is 10.1. The van der Waals surface area contributed by atoms with Gasteiger partial charge in [0.15, 0.2) is 11.5 Å². The Morgan fingerprint density at radius 1 is 1.13 bits per heavy atom. The summed E-state index contributed by atoms with van der Waals surface area (Å²) in [4.78, 5) is 17.6. The molecule has 0 atom stereocenters. The number of benzene rings is 1. The molecule has 4 aromatic rings. The smallest absolute Gasteiger partial charge is 0.434 e. The summed E-state index contributed by atoms with van der Waals surface area (Å²) in [6, 6.07) is 7.16. The molecule has 3 aromatic heterocycles. The second-order valence-corrected chi connectivity index (χ2v) is 10.0. The molecule has 1 saturated carbocycles. The highest BCUT2D eigenvalue weighted by Gasteiger charge is 2.35. The maximum atomic E-state index is 13.3. The average molecular weight is 537 g/mol. The molecule has 2 aliphatic rings. The summed E-state index contributed by atoms with van der Waals surface area (Å²) in [6.45, 7) is 4.65. The molecule has 1 aliphatic carbocycles. The Balaban J connectivity index is 1.29. The lowest BCUT2D eigenvalue weighted by molar-refractivity contribution is -0.140. The van der Waals surface area contributed by atoms with Crippen molar-refractivity contribution in [3.05, 3.63) is 71.1 Å². The molecule has 1 N–H and O–H groups in total. The Kier molecular flexibility index (Phi) is 6.12. The highest BCUT2D eigenvalue weighted by Crippen LogP contribution is 2.42. The van der Waals surface area contributed by atoms with Gasteiger partial charge in [0.1, 0.15) is 23.6 Å². The number of fused-ring (bicyclic) bond motifs is 1. The summed E-state index contributed by atoms with van der Waals surface area (Å²) < 4.78 is 48.8. The molecular weight excluding hydrogens is 509 g/mol. The Morgan fingerprint density at radius 2 is 1.90 bits per heavy atom. The van der Waals surface area contributed by atoms with Crippen LogP contribution in [0.25, 0.3) is 11.4 Å². The van der Waals surface area contributed by atoms with E-state index in [-0.39, 0.29) is 11.9 Å². The molecule has 0 amide bonds. The van der Waals surface area contributed by atoms with Gasteiger partial charge < -0.3 is 14.6 Å². The summed E-state index contributed by atoms with van der Waals surface area (Å²) in [5.74, 6) is 2.53. The van der Waals surface area contributed by atoms with Crippen LogP contribution in [0.5, 0.6) is 5.88 Å². The number of methoxy groups -OCH3 is 1. The predicted molar refractivity (Wildman–Crippen MR) is 138 cm³/mol. The van der Waals surface area contributed by atoms with Crippen molar-refractivity contribution in [2.24, 2.45) is 4.99 Å². The van der Waals surface area contributed by atoms with E-state index in [9.17, 15) is 13.2 Å². The van der Waals surface area contributed by atoms with E-state index in [2.05, 4.69) is 25.4 Å². The van der Waals surface area contributed by atoms with Crippen LogP contribution in [-0.2, 0) is 19.3 Å². The van der Waals surface area contributed by atoms with Crippen molar-refractivity contribution in [1.82, 2.24) is 34.6 Å². The normalized spacial score (nSPS) is 15.2. The number of alkyl halides is 3. The Hall–Kier alpha value is -4.22. The van der Waals surface area contributed by atoms with Gasteiger partial charge in [-0.25, -0.2) is 24.6 Å². The molecule has 0 bridgehead atoms. The number of aliphatic imine (C=N–C) groups is 1. The van der Waals surface area contributed by atoms with Gasteiger partial charge in [0.2, 0.25) is 5.88 Å². The zero-order valence-electron chi connectivity index (χ0n) is 21.7. The van der Waals surface area contributed by atoms with Gasteiger partial charge in [-0.2, -0.15) is 18.3 Å². The minimum absolute atomic E-state index is 0.173. The highest BCUT2D eigenvalue weighted by molar-refractivity contribution is 6.04. The molecule has 0 saturated heterocycles. The van der Waals surface area contributed by atoms with E-state index in [0.29, 0.717) is 36.3 Å². The van der Waals surface area contributed by atoms with Crippen LogP contribution in [0, 0.1) is 0 Å². The van der Waals surface area contributed by atoms with E-state index in [0.717, 1.165) is 47.2 Å².